The smallest absolute Gasteiger partial charge is 0.410 e. The summed E-state index contributed by atoms with van der Waals surface area (Å²) in [6, 6.07) is 14.5. The molecule has 20 nitrogen and oxygen atoms in total. The van der Waals surface area contributed by atoms with E-state index in [1.165, 1.54) is 24.3 Å². The Kier molecular flexibility index (Phi) is 22.4. The number of anilines is 1. The lowest BCUT2D eigenvalue weighted by Crippen LogP contribution is -2.54. The number of benzene rings is 3. The Balaban J connectivity index is 1.17. The van der Waals surface area contributed by atoms with Crippen LogP contribution in [-0.4, -0.2) is 119 Å². The zero-order valence-electron chi connectivity index (χ0n) is 44.6. The zero-order valence-corrected chi connectivity index (χ0v) is 44.6. The molecule has 3 aromatic carbocycles. The van der Waals surface area contributed by atoms with Crippen molar-refractivity contribution in [3.63, 3.8) is 0 Å². The Morgan fingerprint density at radius 2 is 1.53 bits per heavy atom. The lowest BCUT2D eigenvalue weighted by Gasteiger charge is -2.39. The largest absolute Gasteiger partial charge is 0.453 e. The Labute approximate surface area is 451 Å². The third kappa shape index (κ3) is 18.2. The SMILES string of the molecule is COC(=O)N(C[C@@H](F)CNC(=O)OCc1ccc(NC(=O)[C@H](CCCNC(N)=O)NC(=O)[C@@H](NC(=O)CCCCCN2C(=O)C=CC2=O)C(C)C)cc1)[C@@H](c1nc(-c2cc(F)ccc2F)cn1Cc1ccccc1)C(C)(C)C. The second kappa shape index (κ2) is 28.8. The van der Waals surface area contributed by atoms with Gasteiger partial charge in [-0.1, -0.05) is 83.5 Å². The number of rotatable bonds is 27. The van der Waals surface area contributed by atoms with Crippen LogP contribution in [-0.2, 0) is 46.6 Å². The third-order valence-electron chi connectivity index (χ3n) is 12.5. The number of unbranched alkanes of at least 4 members (excludes halogenated alkanes) is 2. The maximum absolute atomic E-state index is 16.0. The quantitative estimate of drug-likeness (QED) is 0.0267. The molecule has 420 valence electrons. The fourth-order valence-electron chi connectivity index (χ4n) is 8.57. The predicted molar refractivity (Wildman–Crippen MR) is 282 cm³/mol. The van der Waals surface area contributed by atoms with Crippen LogP contribution in [0.25, 0.3) is 11.3 Å². The summed E-state index contributed by atoms with van der Waals surface area (Å²) in [5, 5.41) is 13.0. The van der Waals surface area contributed by atoms with Gasteiger partial charge in [0.25, 0.3) is 11.8 Å². The van der Waals surface area contributed by atoms with Gasteiger partial charge in [0.2, 0.25) is 17.7 Å². The van der Waals surface area contributed by atoms with Crippen molar-refractivity contribution in [1.29, 1.82) is 0 Å². The molecule has 4 atom stereocenters. The summed E-state index contributed by atoms with van der Waals surface area (Å²) in [4.78, 5) is 108. The number of methoxy groups -OCH3 is 1. The number of nitrogens with zero attached hydrogens (tertiary/aromatic N) is 4. The highest BCUT2D eigenvalue weighted by Gasteiger charge is 2.40. The molecular formula is C55H69F3N10O10. The Morgan fingerprint density at radius 3 is 2.17 bits per heavy atom. The van der Waals surface area contributed by atoms with Crippen molar-refractivity contribution < 1.29 is 61.0 Å². The summed E-state index contributed by atoms with van der Waals surface area (Å²) in [6.07, 6.45) is 2.13. The second-order valence-electron chi connectivity index (χ2n) is 20.1. The minimum Gasteiger partial charge on any atom is -0.453 e. The summed E-state index contributed by atoms with van der Waals surface area (Å²) in [5.74, 6) is -3.90. The number of alkyl carbamates (subject to hydrolysis) is 1. The van der Waals surface area contributed by atoms with Crippen molar-refractivity contribution in [2.45, 2.75) is 111 Å². The van der Waals surface area contributed by atoms with Crippen LogP contribution in [0.5, 0.6) is 0 Å². The summed E-state index contributed by atoms with van der Waals surface area (Å²) in [5.41, 5.74) is 5.96. The number of amides is 9. The van der Waals surface area contributed by atoms with E-state index < -0.39 is 90.4 Å². The summed E-state index contributed by atoms with van der Waals surface area (Å²) in [6.45, 7) is 8.02. The molecule has 0 spiro atoms. The van der Waals surface area contributed by atoms with Crippen molar-refractivity contribution in [2.75, 3.05) is 38.6 Å². The molecular weight excluding hydrogens is 1020 g/mol. The minimum absolute atomic E-state index is 0.0775. The van der Waals surface area contributed by atoms with Gasteiger partial charge in [0, 0.05) is 55.7 Å². The van der Waals surface area contributed by atoms with Crippen LogP contribution >= 0.6 is 0 Å². The number of ether oxygens (including phenoxy) is 2. The summed E-state index contributed by atoms with van der Waals surface area (Å²) < 4.78 is 57.7. The first-order valence-corrected chi connectivity index (χ1v) is 25.6. The first-order valence-electron chi connectivity index (χ1n) is 25.6. The van der Waals surface area contributed by atoms with E-state index in [2.05, 4.69) is 26.6 Å². The van der Waals surface area contributed by atoms with E-state index in [4.69, 9.17) is 20.2 Å². The van der Waals surface area contributed by atoms with Crippen molar-refractivity contribution in [3.8, 4) is 11.3 Å². The number of hydrogen-bond donors (Lipinski definition) is 6. The standard InChI is InChI=1S/C55H69F3N10O10/c1-34(2)47(65-44(69)17-11-8-12-27-67-45(70)24-25-46(67)71)51(73)64-42(16-13-26-60-52(59)74)50(72)62-39-21-18-36(19-22-39)33-78-53(75)61-29-38(57)31-68(54(76)77-6)48(55(3,4)5)49-63-43(40-28-37(56)20-23-41(40)58)32-66(49)30-35-14-9-7-10-15-35/h7,9-10,14-15,18-25,28,32,34,38,42,47-48H,8,11-13,16-17,26-27,29-31,33H2,1-6H3,(H,61,75)(H,62,72)(H,64,73)(H,65,69)(H3,59,60,74)/t38-,42-,47-,48-/m0/s1. The van der Waals surface area contributed by atoms with E-state index in [9.17, 15) is 42.7 Å². The monoisotopic (exact) mass is 1090 g/mol. The number of urea groups is 1. The molecule has 0 saturated heterocycles. The number of nitrogens with two attached hydrogens (primary N) is 1. The van der Waals surface area contributed by atoms with Gasteiger partial charge in [-0.15, -0.1) is 0 Å². The lowest BCUT2D eigenvalue weighted by atomic mass is 9.84. The van der Waals surface area contributed by atoms with Gasteiger partial charge in [0.05, 0.1) is 31.9 Å². The fraction of sp³-hybridized carbons (Fsp3) is 0.436. The molecule has 5 rings (SSSR count). The Bertz CT molecular complexity index is 2750. The van der Waals surface area contributed by atoms with Crippen LogP contribution in [0.4, 0.5) is 33.2 Å². The molecule has 0 radical (unpaired) electrons. The molecule has 7 N–H and O–H groups in total. The molecule has 2 heterocycles. The fourth-order valence-corrected chi connectivity index (χ4v) is 8.57. The van der Waals surface area contributed by atoms with Gasteiger partial charge in [0.1, 0.15) is 42.3 Å². The average molecular weight is 1090 g/mol. The molecule has 0 fully saturated rings. The lowest BCUT2D eigenvalue weighted by molar-refractivity contribution is -0.137. The van der Waals surface area contributed by atoms with E-state index in [1.807, 2.05) is 30.3 Å². The number of imide groups is 1. The first kappa shape index (κ1) is 60.6. The van der Waals surface area contributed by atoms with Gasteiger partial charge in [-0.3, -0.25) is 33.8 Å². The predicted octanol–water partition coefficient (Wildman–Crippen LogP) is 6.79. The van der Waals surface area contributed by atoms with Crippen LogP contribution in [0.1, 0.15) is 96.1 Å². The van der Waals surface area contributed by atoms with Crippen LogP contribution in [0, 0.1) is 23.0 Å². The maximum atomic E-state index is 16.0. The maximum Gasteiger partial charge on any atom is 0.410 e. The van der Waals surface area contributed by atoms with Crippen molar-refractivity contribution in [1.82, 2.24) is 40.6 Å². The molecule has 4 aromatic rings. The first-order chi connectivity index (χ1) is 37.0. The molecule has 1 aliphatic rings. The summed E-state index contributed by atoms with van der Waals surface area (Å²) in [7, 11) is 1.14. The van der Waals surface area contributed by atoms with Crippen LogP contribution in [0.3, 0.4) is 0 Å². The molecule has 23 heteroatoms. The van der Waals surface area contributed by atoms with Gasteiger partial charge < -0.3 is 46.4 Å². The zero-order chi connectivity index (χ0) is 57.1. The van der Waals surface area contributed by atoms with Gasteiger partial charge in [-0.25, -0.2) is 32.5 Å². The van der Waals surface area contributed by atoms with Crippen LogP contribution in [0.15, 0.2) is 91.1 Å². The number of alkyl halides is 1. The Hall–Kier alpha value is -8.24. The number of carbonyl (C=O) groups is 8. The molecule has 0 unspecified atom stereocenters. The molecule has 0 aliphatic carbocycles. The van der Waals surface area contributed by atoms with Crippen LogP contribution in [0.2, 0.25) is 0 Å². The average Bonchev–Trinajstić information content (AvgIpc) is 3.96. The number of aromatic nitrogens is 2. The number of hydrogen-bond acceptors (Lipinski definition) is 11. The van der Waals surface area contributed by atoms with E-state index >= 15 is 8.78 Å². The van der Waals surface area contributed by atoms with Crippen molar-refractivity contribution in [2.24, 2.45) is 17.1 Å². The van der Waals surface area contributed by atoms with Crippen molar-refractivity contribution in [3.05, 3.63) is 120 Å². The number of carbonyl (C=O) groups excluding carboxylic acids is 8. The third-order valence-corrected chi connectivity index (χ3v) is 12.5. The van der Waals surface area contributed by atoms with E-state index in [-0.39, 0.29) is 80.3 Å². The topological polar surface area (TPSA) is 265 Å². The van der Waals surface area contributed by atoms with Crippen LogP contribution < -0.4 is 32.3 Å². The number of primary amides is 1. The highest BCUT2D eigenvalue weighted by atomic mass is 19.1. The van der Waals surface area contributed by atoms with E-state index in [0.29, 0.717) is 30.5 Å². The van der Waals surface area contributed by atoms with Gasteiger partial charge >= 0.3 is 18.2 Å². The molecule has 9 amide bonds. The van der Waals surface area contributed by atoms with Crippen molar-refractivity contribution >= 4 is 53.4 Å². The molecule has 0 bridgehead atoms. The normalized spacial score (nSPS) is 13.8. The van der Waals surface area contributed by atoms with Gasteiger partial charge in [-0.05, 0) is 78.5 Å². The molecule has 0 saturated carbocycles. The van der Waals surface area contributed by atoms with E-state index in [0.717, 1.165) is 40.7 Å². The molecule has 78 heavy (non-hydrogen) atoms. The number of halogens is 3. The number of nitrogens with one attached hydrogen (secondary N) is 5. The highest BCUT2D eigenvalue weighted by Crippen LogP contribution is 2.40. The van der Waals surface area contributed by atoms with Gasteiger partial charge in [-0.2, -0.15) is 0 Å². The second-order valence-corrected chi connectivity index (χ2v) is 20.1. The van der Waals surface area contributed by atoms with E-state index in [1.54, 1.807) is 57.5 Å². The van der Waals surface area contributed by atoms with Gasteiger partial charge in [0.15, 0.2) is 0 Å². The highest BCUT2D eigenvalue weighted by molar-refractivity contribution is 6.12. The molecule has 1 aliphatic heterocycles. The minimum atomic E-state index is -1.86. The number of imidazole rings is 1. The Morgan fingerprint density at radius 1 is 0.833 bits per heavy atom. The summed E-state index contributed by atoms with van der Waals surface area (Å²) >= 11 is 0. The molecule has 1 aromatic heterocycles.